The summed E-state index contributed by atoms with van der Waals surface area (Å²) in [6.45, 7) is 4.57. The van der Waals surface area contributed by atoms with Crippen LogP contribution >= 0.6 is 23.4 Å². The van der Waals surface area contributed by atoms with Gasteiger partial charge in [0.05, 0.1) is 12.0 Å². The van der Waals surface area contributed by atoms with E-state index < -0.39 is 23.6 Å². The summed E-state index contributed by atoms with van der Waals surface area (Å²) in [5.41, 5.74) is 2.82. The van der Waals surface area contributed by atoms with Crippen LogP contribution in [0, 0.1) is 0 Å². The zero-order chi connectivity index (χ0) is 29.6. The molecule has 0 atom stereocenters. The van der Waals surface area contributed by atoms with Gasteiger partial charge in [-0.05, 0) is 71.8 Å². The summed E-state index contributed by atoms with van der Waals surface area (Å²) < 4.78 is 22.7. The van der Waals surface area contributed by atoms with E-state index in [-0.39, 0.29) is 4.91 Å². The van der Waals surface area contributed by atoms with Crippen molar-refractivity contribution in [3.63, 3.8) is 0 Å². The summed E-state index contributed by atoms with van der Waals surface area (Å²) in [6.07, 6.45) is 3.82. The first-order valence-corrected chi connectivity index (χ1v) is 14.2. The van der Waals surface area contributed by atoms with E-state index in [1.54, 1.807) is 48.6 Å². The lowest BCUT2D eigenvalue weighted by Crippen LogP contribution is -2.36. The number of carbonyl (C=O) groups is 3. The normalized spacial score (nSPS) is 15.1. The van der Waals surface area contributed by atoms with E-state index in [0.717, 1.165) is 27.8 Å². The number of benzene rings is 3. The lowest BCUT2D eigenvalue weighted by Gasteiger charge is -2.19. The zero-order valence-electron chi connectivity index (χ0n) is 22.7. The standard InChI is InChI=1S/C31H27ClN2O7S/c1-3-4-21-13-20(14-26(38-2)29(21)41-18-19-5-7-22(32)8-6-19)15-27-30(36)34(31(37)42-27)17-28(35)33-23-9-10-24-25(16-23)40-12-11-39-24/h3,5-10,13-16H,1,4,11-12,17-18H2,2H3,(H,33,35)/b27-15-. The molecule has 0 spiro atoms. The summed E-state index contributed by atoms with van der Waals surface area (Å²) >= 11 is 6.75. The second-order valence-electron chi connectivity index (χ2n) is 9.29. The molecular formula is C31H27ClN2O7S. The van der Waals surface area contributed by atoms with E-state index in [0.29, 0.717) is 65.5 Å². The molecule has 11 heteroatoms. The van der Waals surface area contributed by atoms with Crippen LogP contribution in [0.4, 0.5) is 10.5 Å². The van der Waals surface area contributed by atoms with Gasteiger partial charge in [0.1, 0.15) is 26.4 Å². The van der Waals surface area contributed by atoms with Crippen LogP contribution in [0.1, 0.15) is 16.7 Å². The predicted octanol–water partition coefficient (Wildman–Crippen LogP) is 6.10. The number of hydrogen-bond acceptors (Lipinski definition) is 8. The fraction of sp³-hybridized carbons (Fsp3) is 0.194. The number of imide groups is 1. The van der Waals surface area contributed by atoms with E-state index >= 15 is 0 Å². The first kappa shape index (κ1) is 29.1. The molecule has 0 radical (unpaired) electrons. The molecule has 0 aromatic heterocycles. The Morgan fingerprint density at radius 3 is 2.60 bits per heavy atom. The summed E-state index contributed by atoms with van der Waals surface area (Å²) in [6, 6.07) is 15.9. The van der Waals surface area contributed by atoms with Gasteiger partial charge in [-0.2, -0.15) is 0 Å². The molecule has 1 fully saturated rings. The van der Waals surface area contributed by atoms with Crippen LogP contribution in [-0.4, -0.2) is 48.8 Å². The number of anilines is 1. The van der Waals surface area contributed by atoms with E-state index in [4.69, 9.17) is 30.5 Å². The highest BCUT2D eigenvalue weighted by molar-refractivity contribution is 8.18. The van der Waals surface area contributed by atoms with Crippen molar-refractivity contribution in [2.75, 3.05) is 32.2 Å². The molecule has 216 valence electrons. The monoisotopic (exact) mass is 606 g/mol. The lowest BCUT2D eigenvalue weighted by atomic mass is 10.0. The molecular weight excluding hydrogens is 580 g/mol. The average Bonchev–Trinajstić information content (AvgIpc) is 3.24. The van der Waals surface area contributed by atoms with E-state index in [1.807, 2.05) is 18.2 Å². The van der Waals surface area contributed by atoms with Crippen molar-refractivity contribution in [3.05, 3.63) is 93.9 Å². The van der Waals surface area contributed by atoms with Crippen LogP contribution in [0.3, 0.4) is 0 Å². The van der Waals surface area contributed by atoms with Gasteiger partial charge in [-0.1, -0.05) is 29.8 Å². The van der Waals surface area contributed by atoms with Crippen LogP contribution in [0.25, 0.3) is 6.08 Å². The number of carbonyl (C=O) groups excluding carboxylic acids is 3. The van der Waals surface area contributed by atoms with Crippen LogP contribution < -0.4 is 24.3 Å². The summed E-state index contributed by atoms with van der Waals surface area (Å²) in [5.74, 6) is 1.04. The fourth-order valence-corrected chi connectivity index (χ4v) is 5.34. The summed E-state index contributed by atoms with van der Waals surface area (Å²) in [5, 5.41) is 2.80. The first-order valence-electron chi connectivity index (χ1n) is 13.0. The van der Waals surface area contributed by atoms with E-state index in [9.17, 15) is 14.4 Å². The Kier molecular flexibility index (Phi) is 9.04. The molecule has 3 aromatic rings. The highest BCUT2D eigenvalue weighted by Crippen LogP contribution is 2.38. The molecule has 5 rings (SSSR count). The highest BCUT2D eigenvalue weighted by Gasteiger charge is 2.36. The summed E-state index contributed by atoms with van der Waals surface area (Å²) in [7, 11) is 1.53. The molecule has 1 N–H and O–H groups in total. The van der Waals surface area contributed by atoms with Crippen molar-refractivity contribution < 1.29 is 33.3 Å². The number of methoxy groups -OCH3 is 1. The minimum absolute atomic E-state index is 0.188. The topological polar surface area (TPSA) is 103 Å². The largest absolute Gasteiger partial charge is 0.493 e. The van der Waals surface area contributed by atoms with Crippen molar-refractivity contribution in [1.29, 1.82) is 0 Å². The number of fused-ring (bicyclic) bond motifs is 1. The lowest BCUT2D eigenvalue weighted by molar-refractivity contribution is -0.127. The number of nitrogens with zero attached hydrogens (tertiary/aromatic N) is 1. The molecule has 2 aliphatic heterocycles. The Morgan fingerprint density at radius 1 is 1.10 bits per heavy atom. The van der Waals surface area contributed by atoms with Crippen molar-refractivity contribution in [2.24, 2.45) is 0 Å². The molecule has 2 heterocycles. The average molecular weight is 607 g/mol. The van der Waals surface area contributed by atoms with Gasteiger partial charge >= 0.3 is 0 Å². The predicted molar refractivity (Wildman–Crippen MR) is 161 cm³/mol. The number of thioether (sulfide) groups is 1. The number of rotatable bonds is 10. The van der Waals surface area contributed by atoms with E-state index in [2.05, 4.69) is 11.9 Å². The van der Waals surface area contributed by atoms with Crippen LogP contribution in [-0.2, 0) is 22.6 Å². The molecule has 3 amide bonds. The Morgan fingerprint density at radius 2 is 1.86 bits per heavy atom. The Bertz CT molecular complexity index is 1570. The van der Waals surface area contributed by atoms with Crippen molar-refractivity contribution >= 4 is 52.2 Å². The quantitative estimate of drug-likeness (QED) is 0.218. The Labute approximate surface area is 252 Å². The van der Waals surface area contributed by atoms with Gasteiger partial charge < -0.3 is 24.3 Å². The minimum Gasteiger partial charge on any atom is -0.493 e. The maximum absolute atomic E-state index is 13.1. The number of amides is 3. The number of ether oxygens (including phenoxy) is 4. The maximum atomic E-state index is 13.1. The van der Waals surface area contributed by atoms with Crippen molar-refractivity contribution in [3.8, 4) is 23.0 Å². The fourth-order valence-electron chi connectivity index (χ4n) is 4.38. The van der Waals surface area contributed by atoms with Crippen LogP contribution in [0.5, 0.6) is 23.0 Å². The minimum atomic E-state index is -0.561. The molecule has 0 unspecified atom stereocenters. The third-order valence-electron chi connectivity index (χ3n) is 6.33. The number of hydrogen-bond donors (Lipinski definition) is 1. The van der Waals surface area contributed by atoms with Crippen molar-refractivity contribution in [2.45, 2.75) is 13.0 Å². The number of nitrogens with one attached hydrogen (secondary N) is 1. The molecule has 2 aliphatic rings. The van der Waals surface area contributed by atoms with Gasteiger partial charge in [-0.25, -0.2) is 0 Å². The highest BCUT2D eigenvalue weighted by atomic mass is 35.5. The molecule has 3 aromatic carbocycles. The third-order valence-corrected chi connectivity index (χ3v) is 7.49. The van der Waals surface area contributed by atoms with E-state index in [1.165, 1.54) is 7.11 Å². The molecule has 9 nitrogen and oxygen atoms in total. The van der Waals surface area contributed by atoms with Gasteiger partial charge in [-0.3, -0.25) is 19.3 Å². The zero-order valence-corrected chi connectivity index (χ0v) is 24.3. The van der Waals surface area contributed by atoms with Gasteiger partial charge in [0, 0.05) is 22.3 Å². The smallest absolute Gasteiger partial charge is 0.294 e. The molecule has 0 bridgehead atoms. The maximum Gasteiger partial charge on any atom is 0.294 e. The summed E-state index contributed by atoms with van der Waals surface area (Å²) in [4.78, 5) is 39.6. The van der Waals surface area contributed by atoms with Crippen molar-refractivity contribution in [1.82, 2.24) is 4.90 Å². The second kappa shape index (κ2) is 13.1. The third kappa shape index (κ3) is 6.72. The van der Waals surface area contributed by atoms with Gasteiger partial charge in [-0.15, -0.1) is 6.58 Å². The van der Waals surface area contributed by atoms with Gasteiger partial charge in [0.25, 0.3) is 11.1 Å². The second-order valence-corrected chi connectivity index (χ2v) is 10.7. The van der Waals surface area contributed by atoms with Gasteiger partial charge in [0.2, 0.25) is 5.91 Å². The Hall–Kier alpha value is -4.41. The molecule has 0 aliphatic carbocycles. The number of halogens is 1. The van der Waals surface area contributed by atoms with Crippen LogP contribution in [0.2, 0.25) is 5.02 Å². The molecule has 1 saturated heterocycles. The SMILES string of the molecule is C=CCc1cc(/C=C2\SC(=O)N(CC(=O)Nc3ccc4c(c3)OCCO4)C2=O)cc(OC)c1OCc1ccc(Cl)cc1. The molecule has 42 heavy (non-hydrogen) atoms. The first-order chi connectivity index (χ1) is 20.3. The van der Waals surface area contributed by atoms with Crippen LogP contribution in [0.15, 0.2) is 72.2 Å². The van der Waals surface area contributed by atoms with Gasteiger partial charge in [0.15, 0.2) is 23.0 Å². The number of allylic oxidation sites excluding steroid dienone is 1. The Balaban J connectivity index is 1.30. The molecule has 0 saturated carbocycles.